The molecular formula is C15H15BrN2O. The summed E-state index contributed by atoms with van der Waals surface area (Å²) in [5.41, 5.74) is 3.35. The maximum Gasteiger partial charge on any atom is 0.270 e. The molecule has 1 aromatic carbocycles. The van der Waals surface area contributed by atoms with Gasteiger partial charge in [0, 0.05) is 30.8 Å². The van der Waals surface area contributed by atoms with Gasteiger partial charge in [0.2, 0.25) is 0 Å². The van der Waals surface area contributed by atoms with Crippen LogP contribution in [0.2, 0.25) is 0 Å². The summed E-state index contributed by atoms with van der Waals surface area (Å²) < 4.78 is 2.81. The Bertz CT molecular complexity index is 633. The Morgan fingerprint density at radius 1 is 1.26 bits per heavy atom. The van der Waals surface area contributed by atoms with Crippen molar-refractivity contribution in [2.45, 2.75) is 13.0 Å². The first-order valence-corrected chi connectivity index (χ1v) is 7.12. The van der Waals surface area contributed by atoms with E-state index in [1.54, 1.807) is 0 Å². The van der Waals surface area contributed by atoms with Crippen molar-refractivity contribution in [3.05, 3.63) is 57.8 Å². The van der Waals surface area contributed by atoms with E-state index in [1.807, 2.05) is 34.8 Å². The lowest BCUT2D eigenvalue weighted by atomic mass is 10.00. The second-order valence-corrected chi connectivity index (χ2v) is 5.82. The van der Waals surface area contributed by atoms with Gasteiger partial charge in [-0.1, -0.05) is 24.3 Å². The molecular weight excluding hydrogens is 304 g/mol. The van der Waals surface area contributed by atoms with E-state index in [4.69, 9.17) is 0 Å². The standard InChI is InChI=1S/C15H15BrN2O/c1-17-10-13(16)8-14(17)15(19)18-7-6-11-4-2-3-5-12(11)9-18/h2-5,8,10H,6-7,9H2,1H3. The van der Waals surface area contributed by atoms with Gasteiger partial charge in [0.15, 0.2) is 0 Å². The van der Waals surface area contributed by atoms with Gasteiger partial charge in [-0.3, -0.25) is 4.79 Å². The van der Waals surface area contributed by atoms with E-state index in [1.165, 1.54) is 11.1 Å². The zero-order chi connectivity index (χ0) is 13.4. The fraction of sp³-hybridized carbons (Fsp3) is 0.267. The van der Waals surface area contributed by atoms with Crippen LogP contribution in [0.4, 0.5) is 0 Å². The Labute approximate surface area is 121 Å². The summed E-state index contributed by atoms with van der Waals surface area (Å²) in [5, 5.41) is 0. The molecule has 1 aliphatic heterocycles. The SMILES string of the molecule is Cn1cc(Br)cc1C(=O)N1CCc2ccccc2C1. The number of aryl methyl sites for hydroxylation is 1. The minimum absolute atomic E-state index is 0.0997. The number of benzene rings is 1. The van der Waals surface area contributed by atoms with Crippen molar-refractivity contribution in [3.63, 3.8) is 0 Å². The normalized spacial score (nSPS) is 14.3. The minimum atomic E-state index is 0.0997. The van der Waals surface area contributed by atoms with Crippen LogP contribution in [0.3, 0.4) is 0 Å². The highest BCUT2D eigenvalue weighted by atomic mass is 79.9. The molecule has 0 unspecified atom stereocenters. The van der Waals surface area contributed by atoms with Gasteiger partial charge < -0.3 is 9.47 Å². The molecule has 0 saturated heterocycles. The first kappa shape index (κ1) is 12.5. The maximum absolute atomic E-state index is 12.5. The number of aromatic nitrogens is 1. The molecule has 0 spiro atoms. The van der Waals surface area contributed by atoms with Crippen molar-refractivity contribution in [2.24, 2.45) is 7.05 Å². The summed E-state index contributed by atoms with van der Waals surface area (Å²) in [4.78, 5) is 14.4. The second-order valence-electron chi connectivity index (χ2n) is 4.90. The Morgan fingerprint density at radius 3 is 2.68 bits per heavy atom. The number of hydrogen-bond donors (Lipinski definition) is 0. The maximum atomic E-state index is 12.5. The number of fused-ring (bicyclic) bond motifs is 1. The van der Waals surface area contributed by atoms with Crippen molar-refractivity contribution >= 4 is 21.8 Å². The van der Waals surface area contributed by atoms with Crippen LogP contribution in [0, 0.1) is 0 Å². The van der Waals surface area contributed by atoms with Crippen LogP contribution in [0.1, 0.15) is 21.6 Å². The van der Waals surface area contributed by atoms with Crippen LogP contribution >= 0.6 is 15.9 Å². The number of rotatable bonds is 1. The van der Waals surface area contributed by atoms with E-state index in [2.05, 4.69) is 34.1 Å². The molecule has 4 heteroatoms. The largest absolute Gasteiger partial charge is 0.345 e. The van der Waals surface area contributed by atoms with Gasteiger partial charge in [0.25, 0.3) is 5.91 Å². The van der Waals surface area contributed by atoms with Crippen molar-refractivity contribution in [2.75, 3.05) is 6.54 Å². The highest BCUT2D eigenvalue weighted by Gasteiger charge is 2.23. The zero-order valence-corrected chi connectivity index (χ0v) is 12.4. The van der Waals surface area contributed by atoms with E-state index in [0.717, 1.165) is 23.1 Å². The summed E-state index contributed by atoms with van der Waals surface area (Å²) >= 11 is 3.41. The molecule has 0 bridgehead atoms. The van der Waals surface area contributed by atoms with Gasteiger partial charge in [-0.15, -0.1) is 0 Å². The number of amides is 1. The molecule has 1 aromatic heterocycles. The Balaban J connectivity index is 1.85. The van der Waals surface area contributed by atoms with Gasteiger partial charge >= 0.3 is 0 Å². The third kappa shape index (κ3) is 2.32. The van der Waals surface area contributed by atoms with E-state index >= 15 is 0 Å². The highest BCUT2D eigenvalue weighted by molar-refractivity contribution is 9.10. The number of carbonyl (C=O) groups is 1. The molecule has 0 saturated carbocycles. The summed E-state index contributed by atoms with van der Waals surface area (Å²) in [5.74, 6) is 0.0997. The van der Waals surface area contributed by atoms with Gasteiger partial charge in [-0.25, -0.2) is 0 Å². The summed E-state index contributed by atoms with van der Waals surface area (Å²) in [6.45, 7) is 1.50. The van der Waals surface area contributed by atoms with Crippen molar-refractivity contribution in [1.29, 1.82) is 0 Å². The molecule has 3 rings (SSSR count). The lowest BCUT2D eigenvalue weighted by Gasteiger charge is -2.28. The third-order valence-corrected chi connectivity index (χ3v) is 4.04. The molecule has 0 radical (unpaired) electrons. The fourth-order valence-electron chi connectivity index (χ4n) is 2.57. The molecule has 2 aromatic rings. The third-order valence-electron chi connectivity index (χ3n) is 3.61. The van der Waals surface area contributed by atoms with Crippen LogP contribution in [0.25, 0.3) is 0 Å². The summed E-state index contributed by atoms with van der Waals surface area (Å²) in [7, 11) is 1.90. The smallest absolute Gasteiger partial charge is 0.270 e. The van der Waals surface area contributed by atoms with Crippen LogP contribution < -0.4 is 0 Å². The molecule has 0 N–H and O–H groups in total. The van der Waals surface area contributed by atoms with E-state index in [0.29, 0.717) is 6.54 Å². The van der Waals surface area contributed by atoms with Crippen LogP contribution in [0.15, 0.2) is 41.0 Å². The topological polar surface area (TPSA) is 25.2 Å². The number of halogens is 1. The second kappa shape index (κ2) is 4.85. The molecule has 1 aliphatic rings. The lowest BCUT2D eigenvalue weighted by Crippen LogP contribution is -2.36. The Kier molecular flexibility index (Phi) is 3.19. The molecule has 98 valence electrons. The lowest BCUT2D eigenvalue weighted by molar-refractivity contribution is 0.0725. The predicted octanol–water partition coefficient (Wildman–Crippen LogP) is 2.99. The van der Waals surface area contributed by atoms with Crippen LogP contribution in [-0.2, 0) is 20.0 Å². The number of hydrogen-bond acceptors (Lipinski definition) is 1. The zero-order valence-electron chi connectivity index (χ0n) is 10.8. The van der Waals surface area contributed by atoms with E-state index < -0.39 is 0 Å². The molecule has 0 aliphatic carbocycles. The molecule has 2 heterocycles. The van der Waals surface area contributed by atoms with Gasteiger partial charge in [-0.05, 0) is 39.5 Å². The average molecular weight is 319 g/mol. The fourth-order valence-corrected chi connectivity index (χ4v) is 3.09. The Morgan fingerprint density at radius 2 is 2.00 bits per heavy atom. The molecule has 1 amide bonds. The van der Waals surface area contributed by atoms with E-state index in [-0.39, 0.29) is 5.91 Å². The Hall–Kier alpha value is -1.55. The van der Waals surface area contributed by atoms with E-state index in [9.17, 15) is 4.79 Å². The molecule has 0 fully saturated rings. The molecule has 0 atom stereocenters. The monoisotopic (exact) mass is 318 g/mol. The minimum Gasteiger partial charge on any atom is -0.345 e. The van der Waals surface area contributed by atoms with Crippen LogP contribution in [0.5, 0.6) is 0 Å². The van der Waals surface area contributed by atoms with Crippen molar-refractivity contribution in [1.82, 2.24) is 9.47 Å². The molecule has 3 nitrogen and oxygen atoms in total. The van der Waals surface area contributed by atoms with Crippen molar-refractivity contribution in [3.8, 4) is 0 Å². The van der Waals surface area contributed by atoms with Crippen LogP contribution in [-0.4, -0.2) is 21.9 Å². The quantitative estimate of drug-likeness (QED) is 0.793. The summed E-state index contributed by atoms with van der Waals surface area (Å²) in [6, 6.07) is 10.2. The number of carbonyl (C=O) groups excluding carboxylic acids is 1. The first-order valence-electron chi connectivity index (χ1n) is 6.33. The first-order chi connectivity index (χ1) is 9.15. The molecule has 19 heavy (non-hydrogen) atoms. The van der Waals surface area contributed by atoms with Crippen molar-refractivity contribution < 1.29 is 4.79 Å². The highest BCUT2D eigenvalue weighted by Crippen LogP contribution is 2.21. The number of nitrogens with zero attached hydrogens (tertiary/aromatic N) is 2. The summed E-state index contributed by atoms with van der Waals surface area (Å²) in [6.07, 6.45) is 2.85. The average Bonchev–Trinajstić information content (AvgIpc) is 2.76. The van der Waals surface area contributed by atoms with Gasteiger partial charge in [0.05, 0.1) is 0 Å². The van der Waals surface area contributed by atoms with Gasteiger partial charge in [0.1, 0.15) is 5.69 Å². The predicted molar refractivity (Wildman–Crippen MR) is 78.0 cm³/mol. The van der Waals surface area contributed by atoms with Gasteiger partial charge in [-0.2, -0.15) is 0 Å².